The number of nitrogen functional groups attached to an aromatic ring is 1. The molecule has 2 heterocycles. The highest BCUT2D eigenvalue weighted by atomic mass is 16.5. The van der Waals surface area contributed by atoms with E-state index in [1.807, 2.05) is 31.2 Å². The zero-order valence-electron chi connectivity index (χ0n) is 11.9. The maximum atomic E-state index is 5.82. The Morgan fingerprint density at radius 3 is 3.10 bits per heavy atom. The van der Waals surface area contributed by atoms with Gasteiger partial charge in [-0.1, -0.05) is 18.2 Å². The van der Waals surface area contributed by atoms with Crippen molar-refractivity contribution in [2.75, 3.05) is 24.3 Å². The molecule has 1 atom stereocenters. The summed E-state index contributed by atoms with van der Waals surface area (Å²) in [5.41, 5.74) is 6.95. The van der Waals surface area contributed by atoms with Crippen molar-refractivity contribution >= 4 is 11.6 Å². The van der Waals surface area contributed by atoms with E-state index in [1.165, 1.54) is 0 Å². The van der Waals surface area contributed by atoms with Crippen LogP contribution in [0.15, 0.2) is 30.3 Å². The van der Waals surface area contributed by atoms with Crippen LogP contribution >= 0.6 is 0 Å². The summed E-state index contributed by atoms with van der Waals surface area (Å²) < 4.78 is 11.0. The SMILES string of the molecule is CCOCc1nc(N)cc(NC2COc3ccccc32)n1. The average Bonchev–Trinajstić information content (AvgIpc) is 2.88. The third kappa shape index (κ3) is 3.05. The van der Waals surface area contributed by atoms with Crippen molar-refractivity contribution in [1.29, 1.82) is 0 Å². The number of nitrogens with one attached hydrogen (secondary N) is 1. The number of fused-ring (bicyclic) bond motifs is 1. The molecule has 1 unspecified atom stereocenters. The molecular weight excluding hydrogens is 268 g/mol. The van der Waals surface area contributed by atoms with Crippen LogP contribution < -0.4 is 15.8 Å². The van der Waals surface area contributed by atoms with Gasteiger partial charge in [0.25, 0.3) is 0 Å². The molecule has 0 radical (unpaired) electrons. The fourth-order valence-electron chi connectivity index (χ4n) is 2.31. The molecule has 3 N–H and O–H groups in total. The number of hydrogen-bond donors (Lipinski definition) is 2. The maximum Gasteiger partial charge on any atom is 0.158 e. The molecule has 21 heavy (non-hydrogen) atoms. The highest BCUT2D eigenvalue weighted by Crippen LogP contribution is 2.33. The summed E-state index contributed by atoms with van der Waals surface area (Å²) in [7, 11) is 0. The molecule has 0 fully saturated rings. The minimum atomic E-state index is 0.0652. The Kier molecular flexibility index (Phi) is 3.87. The van der Waals surface area contributed by atoms with Crippen molar-refractivity contribution in [2.45, 2.75) is 19.6 Å². The summed E-state index contributed by atoms with van der Waals surface area (Å²) in [5, 5.41) is 3.34. The Morgan fingerprint density at radius 2 is 2.24 bits per heavy atom. The lowest BCUT2D eigenvalue weighted by molar-refractivity contribution is 0.128. The lowest BCUT2D eigenvalue weighted by Gasteiger charge is -2.13. The molecule has 3 rings (SSSR count). The first kappa shape index (κ1) is 13.6. The molecule has 0 bridgehead atoms. The second kappa shape index (κ2) is 5.97. The van der Waals surface area contributed by atoms with Crippen LogP contribution in [0, 0.1) is 0 Å². The van der Waals surface area contributed by atoms with Crippen molar-refractivity contribution in [2.24, 2.45) is 0 Å². The number of nitrogens with two attached hydrogens (primary N) is 1. The standard InChI is InChI=1S/C15H18N4O2/c1-2-20-9-15-18-13(16)7-14(19-15)17-11-8-21-12-6-4-3-5-10(11)12/h3-7,11H,2,8-9H2,1H3,(H3,16,17,18,19). The third-order valence-electron chi connectivity index (χ3n) is 3.25. The Hall–Kier alpha value is -2.34. The van der Waals surface area contributed by atoms with E-state index in [0.29, 0.717) is 37.3 Å². The van der Waals surface area contributed by atoms with E-state index in [2.05, 4.69) is 15.3 Å². The molecule has 1 aromatic heterocycles. The van der Waals surface area contributed by atoms with Crippen LogP contribution in [0.3, 0.4) is 0 Å². The van der Waals surface area contributed by atoms with Crippen LogP contribution in [0.2, 0.25) is 0 Å². The number of para-hydroxylation sites is 1. The van der Waals surface area contributed by atoms with Crippen LogP contribution in [-0.4, -0.2) is 23.2 Å². The summed E-state index contributed by atoms with van der Waals surface area (Å²) in [5.74, 6) is 2.59. The van der Waals surface area contributed by atoms with Crippen molar-refractivity contribution < 1.29 is 9.47 Å². The van der Waals surface area contributed by atoms with Crippen LogP contribution in [0.5, 0.6) is 5.75 Å². The van der Waals surface area contributed by atoms with E-state index < -0.39 is 0 Å². The van der Waals surface area contributed by atoms with Crippen molar-refractivity contribution in [3.63, 3.8) is 0 Å². The number of aromatic nitrogens is 2. The Bertz CT molecular complexity index is 633. The van der Waals surface area contributed by atoms with Gasteiger partial charge in [0.15, 0.2) is 5.82 Å². The summed E-state index contributed by atoms with van der Waals surface area (Å²) in [4.78, 5) is 8.59. The number of ether oxygens (including phenoxy) is 2. The van der Waals surface area contributed by atoms with Gasteiger partial charge >= 0.3 is 0 Å². The van der Waals surface area contributed by atoms with Crippen LogP contribution in [0.1, 0.15) is 24.4 Å². The molecule has 0 amide bonds. The molecule has 0 aliphatic carbocycles. The van der Waals surface area contributed by atoms with Gasteiger partial charge in [-0.2, -0.15) is 0 Å². The average molecular weight is 286 g/mol. The van der Waals surface area contributed by atoms with Gasteiger partial charge in [-0.15, -0.1) is 0 Å². The van der Waals surface area contributed by atoms with Crippen molar-refractivity contribution in [3.05, 3.63) is 41.7 Å². The van der Waals surface area contributed by atoms with Crippen LogP contribution in [-0.2, 0) is 11.3 Å². The lowest BCUT2D eigenvalue weighted by atomic mass is 10.1. The minimum Gasteiger partial charge on any atom is -0.491 e. The topological polar surface area (TPSA) is 82.3 Å². The smallest absolute Gasteiger partial charge is 0.158 e. The van der Waals surface area contributed by atoms with Crippen molar-refractivity contribution in [1.82, 2.24) is 9.97 Å². The largest absolute Gasteiger partial charge is 0.491 e. The highest BCUT2D eigenvalue weighted by molar-refractivity contribution is 5.49. The minimum absolute atomic E-state index is 0.0652. The zero-order valence-corrected chi connectivity index (χ0v) is 11.9. The van der Waals surface area contributed by atoms with Crippen LogP contribution in [0.4, 0.5) is 11.6 Å². The molecular formula is C15H18N4O2. The lowest BCUT2D eigenvalue weighted by Crippen LogP contribution is -2.14. The number of nitrogens with zero attached hydrogens (tertiary/aromatic N) is 2. The molecule has 110 valence electrons. The summed E-state index contributed by atoms with van der Waals surface area (Å²) >= 11 is 0. The number of anilines is 2. The van der Waals surface area contributed by atoms with Gasteiger partial charge in [-0.05, 0) is 13.0 Å². The fourth-order valence-corrected chi connectivity index (χ4v) is 2.31. The molecule has 1 aliphatic heterocycles. The number of rotatable bonds is 5. The molecule has 6 heteroatoms. The van der Waals surface area contributed by atoms with Crippen LogP contribution in [0.25, 0.3) is 0 Å². The normalized spacial score (nSPS) is 16.3. The van der Waals surface area contributed by atoms with Gasteiger partial charge < -0.3 is 20.5 Å². The Balaban J connectivity index is 1.78. The summed E-state index contributed by atoms with van der Waals surface area (Å²) in [6.45, 7) is 3.47. The summed E-state index contributed by atoms with van der Waals surface area (Å²) in [6, 6.07) is 9.75. The van der Waals surface area contributed by atoms with Gasteiger partial charge in [-0.3, -0.25) is 0 Å². The fraction of sp³-hybridized carbons (Fsp3) is 0.333. The van der Waals surface area contributed by atoms with Gasteiger partial charge in [0, 0.05) is 18.2 Å². The molecule has 0 spiro atoms. The van der Waals surface area contributed by atoms with E-state index >= 15 is 0 Å². The van der Waals surface area contributed by atoms with E-state index in [1.54, 1.807) is 6.07 Å². The monoisotopic (exact) mass is 286 g/mol. The molecule has 6 nitrogen and oxygen atoms in total. The predicted octanol–water partition coefficient (Wildman–Crippen LogP) is 2.14. The first-order chi connectivity index (χ1) is 10.3. The number of hydrogen-bond acceptors (Lipinski definition) is 6. The van der Waals surface area contributed by atoms with Gasteiger partial charge in [0.2, 0.25) is 0 Å². The predicted molar refractivity (Wildman–Crippen MR) is 80.1 cm³/mol. The van der Waals surface area contributed by atoms with E-state index in [9.17, 15) is 0 Å². The first-order valence-electron chi connectivity index (χ1n) is 6.95. The number of benzene rings is 1. The second-order valence-electron chi connectivity index (χ2n) is 4.78. The molecule has 2 aromatic rings. The highest BCUT2D eigenvalue weighted by Gasteiger charge is 2.23. The second-order valence-corrected chi connectivity index (χ2v) is 4.78. The Morgan fingerprint density at radius 1 is 1.38 bits per heavy atom. The van der Waals surface area contributed by atoms with Crippen molar-refractivity contribution in [3.8, 4) is 5.75 Å². The maximum absolute atomic E-state index is 5.82. The van der Waals surface area contributed by atoms with E-state index in [4.69, 9.17) is 15.2 Å². The first-order valence-corrected chi connectivity index (χ1v) is 6.95. The van der Waals surface area contributed by atoms with Gasteiger partial charge in [-0.25, -0.2) is 9.97 Å². The Labute approximate surface area is 123 Å². The van der Waals surface area contributed by atoms with E-state index in [0.717, 1.165) is 11.3 Å². The van der Waals surface area contributed by atoms with Gasteiger partial charge in [0.1, 0.15) is 30.6 Å². The molecule has 0 saturated carbocycles. The molecule has 1 aliphatic rings. The molecule has 1 aromatic carbocycles. The zero-order chi connectivity index (χ0) is 14.7. The molecule has 0 saturated heterocycles. The summed E-state index contributed by atoms with van der Waals surface area (Å²) in [6.07, 6.45) is 0. The third-order valence-corrected chi connectivity index (χ3v) is 3.25. The van der Waals surface area contributed by atoms with E-state index in [-0.39, 0.29) is 6.04 Å². The van der Waals surface area contributed by atoms with Gasteiger partial charge in [0.05, 0.1) is 6.04 Å². The quantitative estimate of drug-likeness (QED) is 0.876.